The Labute approximate surface area is 237 Å². The summed E-state index contributed by atoms with van der Waals surface area (Å²) < 4.78 is 45.4. The van der Waals surface area contributed by atoms with Gasteiger partial charge in [-0.3, -0.25) is 0 Å². The number of benzene rings is 3. The molecular weight excluding hydrogens is 506 g/mol. The lowest BCUT2D eigenvalue weighted by Crippen LogP contribution is -2.33. The average molecular weight is 549 g/mol. The molecule has 0 spiro atoms. The first-order valence-electron chi connectivity index (χ1n) is 15.1. The van der Waals surface area contributed by atoms with Crippen LogP contribution in [0.15, 0.2) is 60.7 Å². The van der Waals surface area contributed by atoms with Crippen LogP contribution in [0.5, 0.6) is 11.5 Å². The maximum Gasteiger partial charge on any atom is 0.204 e. The first-order valence-corrected chi connectivity index (χ1v) is 15.1. The van der Waals surface area contributed by atoms with E-state index in [0.29, 0.717) is 12.0 Å². The highest BCUT2D eigenvalue weighted by Gasteiger charge is 2.31. The largest absolute Gasteiger partial charge is 0.491 e. The van der Waals surface area contributed by atoms with Gasteiger partial charge in [-0.2, -0.15) is 8.78 Å². The van der Waals surface area contributed by atoms with E-state index >= 15 is 0 Å². The van der Waals surface area contributed by atoms with Gasteiger partial charge in [0.25, 0.3) is 0 Å². The van der Waals surface area contributed by atoms with Gasteiger partial charge in [0.15, 0.2) is 11.5 Å². The molecule has 2 unspecified atom stereocenters. The van der Waals surface area contributed by atoms with E-state index in [1.54, 1.807) is 6.92 Å². The van der Waals surface area contributed by atoms with Crippen molar-refractivity contribution in [1.29, 1.82) is 0 Å². The quantitative estimate of drug-likeness (QED) is 0.253. The predicted molar refractivity (Wildman–Crippen MR) is 156 cm³/mol. The second kappa shape index (κ2) is 13.6. The van der Waals surface area contributed by atoms with Crippen molar-refractivity contribution in [2.24, 2.45) is 11.8 Å². The molecule has 2 atom stereocenters. The van der Waals surface area contributed by atoms with E-state index in [4.69, 9.17) is 14.2 Å². The van der Waals surface area contributed by atoms with Gasteiger partial charge in [-0.15, -0.1) is 0 Å². The minimum Gasteiger partial charge on any atom is -0.491 e. The lowest BCUT2D eigenvalue weighted by atomic mass is 9.75. The van der Waals surface area contributed by atoms with Crippen LogP contribution in [0, 0.1) is 23.5 Å². The molecule has 3 aromatic rings. The molecule has 3 aromatic carbocycles. The molecule has 5 rings (SSSR count). The molecule has 1 aliphatic carbocycles. The maximum atomic E-state index is 14.3. The van der Waals surface area contributed by atoms with Gasteiger partial charge in [-0.05, 0) is 104 Å². The Kier molecular flexibility index (Phi) is 9.74. The minimum atomic E-state index is -1.03. The Morgan fingerprint density at radius 1 is 0.725 bits per heavy atom. The monoisotopic (exact) mass is 548 g/mol. The summed E-state index contributed by atoms with van der Waals surface area (Å²) in [5.41, 5.74) is 4.60. The Morgan fingerprint density at radius 3 is 1.93 bits per heavy atom. The summed E-state index contributed by atoms with van der Waals surface area (Å²) in [5, 5.41) is 0. The number of hydrogen-bond acceptors (Lipinski definition) is 3. The molecule has 5 heteroatoms. The molecule has 3 nitrogen and oxygen atoms in total. The maximum absolute atomic E-state index is 14.3. The van der Waals surface area contributed by atoms with Crippen LogP contribution in [0.25, 0.3) is 11.1 Å². The molecule has 0 bridgehead atoms. The third kappa shape index (κ3) is 6.86. The zero-order valence-corrected chi connectivity index (χ0v) is 23.8. The fraction of sp³-hybridized carbons (Fsp3) is 0.486. The highest BCUT2D eigenvalue weighted by molar-refractivity contribution is 5.64. The molecule has 1 aliphatic heterocycles. The van der Waals surface area contributed by atoms with Crippen molar-refractivity contribution in [1.82, 2.24) is 0 Å². The fourth-order valence-corrected chi connectivity index (χ4v) is 6.45. The Bertz CT molecular complexity index is 1210. The summed E-state index contributed by atoms with van der Waals surface area (Å²) in [7, 11) is 0. The summed E-state index contributed by atoms with van der Waals surface area (Å²) in [5.74, 6) is -0.143. The molecule has 40 heavy (non-hydrogen) atoms. The van der Waals surface area contributed by atoms with Crippen LogP contribution >= 0.6 is 0 Å². The summed E-state index contributed by atoms with van der Waals surface area (Å²) in [6, 6.07) is 19.8. The van der Waals surface area contributed by atoms with E-state index in [1.165, 1.54) is 74.6 Å². The Morgan fingerprint density at radius 2 is 1.35 bits per heavy atom. The summed E-state index contributed by atoms with van der Waals surface area (Å²) in [4.78, 5) is 0. The normalized spacial score (nSPS) is 23.1. The van der Waals surface area contributed by atoms with Gasteiger partial charge < -0.3 is 14.2 Å². The number of ether oxygens (including phenoxy) is 3. The van der Waals surface area contributed by atoms with Crippen LogP contribution in [-0.2, 0) is 11.3 Å². The highest BCUT2D eigenvalue weighted by atomic mass is 19.2. The first-order chi connectivity index (χ1) is 19.6. The zero-order valence-electron chi connectivity index (χ0n) is 23.8. The van der Waals surface area contributed by atoms with E-state index < -0.39 is 11.6 Å². The molecule has 0 radical (unpaired) electrons. The van der Waals surface area contributed by atoms with Crippen LogP contribution in [0.1, 0.15) is 82.3 Å². The molecule has 214 valence electrons. The number of rotatable bonds is 10. The van der Waals surface area contributed by atoms with Crippen LogP contribution in [0.4, 0.5) is 8.78 Å². The molecule has 0 amide bonds. The van der Waals surface area contributed by atoms with Gasteiger partial charge in [0.05, 0.1) is 12.7 Å². The zero-order chi connectivity index (χ0) is 27.9. The molecule has 2 fully saturated rings. The summed E-state index contributed by atoms with van der Waals surface area (Å²) in [6.07, 6.45) is 10.7. The molecule has 2 aliphatic rings. The van der Waals surface area contributed by atoms with Crippen LogP contribution in [-0.4, -0.2) is 19.3 Å². The van der Waals surface area contributed by atoms with Crippen LogP contribution in [0.2, 0.25) is 0 Å². The Balaban J connectivity index is 1.11. The molecule has 0 N–H and O–H groups in total. The molecule has 0 aromatic heterocycles. The minimum absolute atomic E-state index is 0.107. The van der Waals surface area contributed by atoms with E-state index in [0.717, 1.165) is 29.6 Å². The van der Waals surface area contributed by atoms with Crippen molar-refractivity contribution in [2.75, 3.05) is 13.2 Å². The topological polar surface area (TPSA) is 27.7 Å². The highest BCUT2D eigenvalue weighted by Crippen LogP contribution is 2.40. The van der Waals surface area contributed by atoms with E-state index in [-0.39, 0.29) is 24.7 Å². The second-order valence-corrected chi connectivity index (χ2v) is 11.4. The summed E-state index contributed by atoms with van der Waals surface area (Å²) >= 11 is 0. The van der Waals surface area contributed by atoms with Gasteiger partial charge in [0, 0.05) is 6.61 Å². The molecular formula is C35H42F2O3. The van der Waals surface area contributed by atoms with Gasteiger partial charge in [0.1, 0.15) is 6.61 Å². The van der Waals surface area contributed by atoms with Crippen LogP contribution < -0.4 is 9.47 Å². The van der Waals surface area contributed by atoms with Crippen molar-refractivity contribution in [3.63, 3.8) is 0 Å². The van der Waals surface area contributed by atoms with Crippen molar-refractivity contribution in [3.05, 3.63) is 83.4 Å². The lowest BCUT2D eigenvalue weighted by Gasteiger charge is -2.38. The third-order valence-electron chi connectivity index (χ3n) is 8.77. The predicted octanol–water partition coefficient (Wildman–Crippen LogP) is 9.48. The van der Waals surface area contributed by atoms with Crippen molar-refractivity contribution >= 4 is 0 Å². The number of halogens is 2. The molecule has 1 heterocycles. The van der Waals surface area contributed by atoms with Gasteiger partial charge in [-0.25, -0.2) is 0 Å². The first kappa shape index (κ1) is 28.6. The molecule has 1 saturated carbocycles. The van der Waals surface area contributed by atoms with E-state index in [1.807, 2.05) is 24.3 Å². The van der Waals surface area contributed by atoms with E-state index in [2.05, 4.69) is 31.2 Å². The van der Waals surface area contributed by atoms with Gasteiger partial charge >= 0.3 is 0 Å². The molecule has 1 saturated heterocycles. The van der Waals surface area contributed by atoms with E-state index in [9.17, 15) is 8.78 Å². The number of hydrogen-bond donors (Lipinski definition) is 0. The van der Waals surface area contributed by atoms with Gasteiger partial charge in [-0.1, -0.05) is 61.9 Å². The van der Waals surface area contributed by atoms with Crippen molar-refractivity contribution < 1.29 is 23.0 Å². The van der Waals surface area contributed by atoms with Crippen LogP contribution in [0.3, 0.4) is 0 Å². The average Bonchev–Trinajstić information content (AvgIpc) is 3.00. The van der Waals surface area contributed by atoms with Crippen molar-refractivity contribution in [3.8, 4) is 22.6 Å². The van der Waals surface area contributed by atoms with Crippen molar-refractivity contribution in [2.45, 2.75) is 83.8 Å². The summed E-state index contributed by atoms with van der Waals surface area (Å²) in [6.45, 7) is 5.38. The lowest BCUT2D eigenvalue weighted by molar-refractivity contribution is -0.0575. The Hall–Kier alpha value is -2.92. The fourth-order valence-electron chi connectivity index (χ4n) is 6.45. The standard InChI is InChI=1S/C35H42F2O3/c1-3-5-24-8-19-31(39-22-24)30-17-15-29(16-18-30)28-13-11-27(12-14-28)26-9-6-25(7-10-26)23-40-33-21-20-32(38-4-2)34(36)35(33)37/h6-7,9-14,20-21,24,29-31H,3-5,8,15-19,22-23H2,1-2H3. The SMILES string of the molecule is CCCC1CCC(C2CCC(c3ccc(-c4ccc(COc5ccc(OCC)c(F)c5F)cc4)cc3)CC2)OC1. The van der Waals surface area contributed by atoms with Gasteiger partial charge in [0.2, 0.25) is 11.6 Å². The smallest absolute Gasteiger partial charge is 0.204 e. The second-order valence-electron chi connectivity index (χ2n) is 11.4. The third-order valence-corrected chi connectivity index (χ3v) is 8.77.